The number of carbonyl (C=O) groups is 1. The lowest BCUT2D eigenvalue weighted by atomic mass is 10.2. The van der Waals surface area contributed by atoms with E-state index >= 15 is 0 Å². The second kappa shape index (κ2) is 6.21. The highest BCUT2D eigenvalue weighted by molar-refractivity contribution is 9.10. The first-order valence-electron chi connectivity index (χ1n) is 5.49. The standard InChI is InChI=1S/C14H12BrNO2/c15-12-8-6-11(7-9-12)10-16-14(17)18-13-4-2-1-3-5-13/h1-9H,10H2,(H,16,17). The van der Waals surface area contributed by atoms with Crippen molar-refractivity contribution >= 4 is 22.0 Å². The van der Waals surface area contributed by atoms with Gasteiger partial charge in [0.25, 0.3) is 0 Å². The van der Waals surface area contributed by atoms with E-state index in [0.717, 1.165) is 10.0 Å². The molecule has 1 N–H and O–H groups in total. The van der Waals surface area contributed by atoms with Gasteiger partial charge in [-0.05, 0) is 29.8 Å². The number of hydrogen-bond acceptors (Lipinski definition) is 2. The minimum Gasteiger partial charge on any atom is -0.410 e. The highest BCUT2D eigenvalue weighted by Gasteiger charge is 2.03. The third kappa shape index (κ3) is 3.89. The van der Waals surface area contributed by atoms with E-state index in [1.807, 2.05) is 42.5 Å². The Morgan fingerprint density at radius 1 is 1.06 bits per heavy atom. The summed E-state index contributed by atoms with van der Waals surface area (Å²) in [6.45, 7) is 0.443. The molecule has 0 bridgehead atoms. The van der Waals surface area contributed by atoms with Gasteiger partial charge < -0.3 is 10.1 Å². The summed E-state index contributed by atoms with van der Waals surface area (Å²) in [5.74, 6) is 0.533. The average Bonchev–Trinajstić information content (AvgIpc) is 2.39. The summed E-state index contributed by atoms with van der Waals surface area (Å²) in [5.41, 5.74) is 1.02. The Hall–Kier alpha value is -1.81. The number of rotatable bonds is 3. The van der Waals surface area contributed by atoms with Gasteiger partial charge in [-0.2, -0.15) is 0 Å². The van der Waals surface area contributed by atoms with Gasteiger partial charge in [0, 0.05) is 11.0 Å². The van der Waals surface area contributed by atoms with E-state index in [1.54, 1.807) is 12.1 Å². The van der Waals surface area contributed by atoms with Gasteiger partial charge in [0.05, 0.1) is 0 Å². The number of hydrogen-bond donors (Lipinski definition) is 1. The molecule has 4 heteroatoms. The SMILES string of the molecule is O=C(NCc1ccc(Br)cc1)Oc1ccccc1. The molecule has 92 valence electrons. The van der Waals surface area contributed by atoms with Crippen LogP contribution < -0.4 is 10.1 Å². The lowest BCUT2D eigenvalue weighted by Gasteiger charge is -2.06. The molecule has 3 nitrogen and oxygen atoms in total. The van der Waals surface area contributed by atoms with E-state index < -0.39 is 6.09 Å². The zero-order chi connectivity index (χ0) is 12.8. The van der Waals surface area contributed by atoms with E-state index in [4.69, 9.17) is 4.74 Å². The molecule has 2 rings (SSSR count). The van der Waals surface area contributed by atoms with Crippen LogP contribution in [-0.4, -0.2) is 6.09 Å². The van der Waals surface area contributed by atoms with E-state index in [2.05, 4.69) is 21.2 Å². The predicted molar refractivity (Wildman–Crippen MR) is 73.4 cm³/mol. The molecule has 0 saturated carbocycles. The Balaban J connectivity index is 1.83. The quantitative estimate of drug-likeness (QED) is 0.938. The summed E-state index contributed by atoms with van der Waals surface area (Å²) in [7, 11) is 0. The van der Waals surface area contributed by atoms with Crippen molar-refractivity contribution in [1.82, 2.24) is 5.32 Å². The molecule has 0 unspecified atom stereocenters. The predicted octanol–water partition coefficient (Wildman–Crippen LogP) is 3.74. The van der Waals surface area contributed by atoms with Crippen LogP contribution in [0.4, 0.5) is 4.79 Å². The van der Waals surface area contributed by atoms with Crippen molar-refractivity contribution < 1.29 is 9.53 Å². The molecule has 1 amide bonds. The van der Waals surface area contributed by atoms with E-state index in [-0.39, 0.29) is 0 Å². The molecule has 18 heavy (non-hydrogen) atoms. The van der Waals surface area contributed by atoms with Gasteiger partial charge in [-0.3, -0.25) is 0 Å². The van der Waals surface area contributed by atoms with Gasteiger partial charge in [0.1, 0.15) is 5.75 Å². The smallest absolute Gasteiger partial charge is 0.410 e. The zero-order valence-electron chi connectivity index (χ0n) is 9.60. The molecule has 2 aromatic carbocycles. The Bertz CT molecular complexity index is 511. The molecular weight excluding hydrogens is 294 g/mol. The second-order valence-corrected chi connectivity index (χ2v) is 4.60. The van der Waals surface area contributed by atoms with Crippen LogP contribution in [0, 0.1) is 0 Å². The van der Waals surface area contributed by atoms with Crippen LogP contribution in [-0.2, 0) is 6.54 Å². The lowest BCUT2D eigenvalue weighted by molar-refractivity contribution is 0.200. The van der Waals surface area contributed by atoms with Crippen LogP contribution in [0.15, 0.2) is 59.1 Å². The molecule has 2 aromatic rings. The molecule has 0 heterocycles. The Kier molecular flexibility index (Phi) is 4.36. The first-order chi connectivity index (χ1) is 8.74. The molecule has 0 atom stereocenters. The third-order valence-electron chi connectivity index (χ3n) is 2.30. The number of para-hydroxylation sites is 1. The average molecular weight is 306 g/mol. The summed E-state index contributed by atoms with van der Waals surface area (Å²) in [6, 6.07) is 16.7. The van der Waals surface area contributed by atoms with Crippen molar-refractivity contribution in [3.8, 4) is 5.75 Å². The summed E-state index contributed by atoms with van der Waals surface area (Å²) >= 11 is 3.36. The number of amides is 1. The van der Waals surface area contributed by atoms with Crippen molar-refractivity contribution in [2.45, 2.75) is 6.54 Å². The van der Waals surface area contributed by atoms with E-state index in [1.165, 1.54) is 0 Å². The van der Waals surface area contributed by atoms with Gasteiger partial charge >= 0.3 is 6.09 Å². The highest BCUT2D eigenvalue weighted by Crippen LogP contribution is 2.11. The fourth-order valence-corrected chi connectivity index (χ4v) is 1.67. The van der Waals surface area contributed by atoms with Gasteiger partial charge in [-0.25, -0.2) is 4.79 Å². The van der Waals surface area contributed by atoms with Crippen LogP contribution >= 0.6 is 15.9 Å². The number of benzene rings is 2. The number of nitrogens with one attached hydrogen (secondary N) is 1. The van der Waals surface area contributed by atoms with E-state index in [0.29, 0.717) is 12.3 Å². The second-order valence-electron chi connectivity index (χ2n) is 3.68. The lowest BCUT2D eigenvalue weighted by Crippen LogP contribution is -2.26. The van der Waals surface area contributed by atoms with Crippen molar-refractivity contribution in [3.63, 3.8) is 0 Å². The van der Waals surface area contributed by atoms with Crippen LogP contribution in [0.5, 0.6) is 5.75 Å². The highest BCUT2D eigenvalue weighted by atomic mass is 79.9. The van der Waals surface area contributed by atoms with Gasteiger partial charge in [0.2, 0.25) is 0 Å². The van der Waals surface area contributed by atoms with Gasteiger partial charge in [-0.1, -0.05) is 46.3 Å². The fraction of sp³-hybridized carbons (Fsp3) is 0.0714. The number of carbonyl (C=O) groups excluding carboxylic acids is 1. The van der Waals surface area contributed by atoms with Crippen molar-refractivity contribution in [3.05, 3.63) is 64.6 Å². The molecule has 0 fully saturated rings. The fourth-order valence-electron chi connectivity index (χ4n) is 1.41. The normalized spacial score (nSPS) is 9.83. The van der Waals surface area contributed by atoms with Crippen LogP contribution in [0.3, 0.4) is 0 Å². The summed E-state index contributed by atoms with van der Waals surface area (Å²) in [4.78, 5) is 11.5. The Morgan fingerprint density at radius 2 is 1.72 bits per heavy atom. The van der Waals surface area contributed by atoms with Gasteiger partial charge in [0.15, 0.2) is 0 Å². The molecule has 0 aromatic heterocycles. The van der Waals surface area contributed by atoms with E-state index in [9.17, 15) is 4.79 Å². The van der Waals surface area contributed by atoms with Crippen molar-refractivity contribution in [2.24, 2.45) is 0 Å². The molecule has 0 radical (unpaired) electrons. The maximum Gasteiger partial charge on any atom is 0.412 e. The van der Waals surface area contributed by atoms with Crippen molar-refractivity contribution in [1.29, 1.82) is 0 Å². The zero-order valence-corrected chi connectivity index (χ0v) is 11.2. The maximum absolute atomic E-state index is 11.5. The minimum absolute atomic E-state index is 0.443. The van der Waals surface area contributed by atoms with Gasteiger partial charge in [-0.15, -0.1) is 0 Å². The molecule has 0 aliphatic heterocycles. The molecule has 0 spiro atoms. The first-order valence-corrected chi connectivity index (χ1v) is 6.28. The van der Waals surface area contributed by atoms with Crippen LogP contribution in [0.1, 0.15) is 5.56 Å². The molecular formula is C14H12BrNO2. The minimum atomic E-state index is -0.455. The summed E-state index contributed by atoms with van der Waals surface area (Å²) in [6.07, 6.45) is -0.455. The van der Waals surface area contributed by atoms with Crippen LogP contribution in [0.2, 0.25) is 0 Å². The topological polar surface area (TPSA) is 38.3 Å². The van der Waals surface area contributed by atoms with Crippen LogP contribution in [0.25, 0.3) is 0 Å². The number of halogens is 1. The third-order valence-corrected chi connectivity index (χ3v) is 2.83. The monoisotopic (exact) mass is 305 g/mol. The maximum atomic E-state index is 11.5. The molecule has 0 saturated heterocycles. The molecule has 0 aliphatic rings. The summed E-state index contributed by atoms with van der Waals surface area (Å²) < 4.78 is 6.11. The first kappa shape index (κ1) is 12.6. The largest absolute Gasteiger partial charge is 0.412 e. The Morgan fingerprint density at radius 3 is 2.39 bits per heavy atom. The van der Waals surface area contributed by atoms with Crippen molar-refractivity contribution in [2.75, 3.05) is 0 Å². The number of ether oxygens (including phenoxy) is 1. The summed E-state index contributed by atoms with van der Waals surface area (Å²) in [5, 5.41) is 2.69. The molecule has 0 aliphatic carbocycles. The Labute approximate surface area is 114 Å².